The summed E-state index contributed by atoms with van der Waals surface area (Å²) < 4.78 is 6.03. The Morgan fingerprint density at radius 1 is 0.870 bits per heavy atom. The van der Waals surface area contributed by atoms with Crippen LogP contribution in [0.2, 0.25) is 0 Å². The van der Waals surface area contributed by atoms with Crippen LogP contribution in [-0.4, -0.2) is 12.7 Å². The van der Waals surface area contributed by atoms with Crippen LogP contribution in [-0.2, 0) is 4.74 Å². The molecule has 3 aromatic rings. The average molecular weight is 302 g/mol. The van der Waals surface area contributed by atoms with Crippen molar-refractivity contribution in [2.45, 2.75) is 32.3 Å². The second kappa shape index (κ2) is 6.17. The van der Waals surface area contributed by atoms with Crippen LogP contribution in [0.4, 0.5) is 0 Å². The molecule has 0 bridgehead atoms. The Bertz CT molecular complexity index is 821. The molecule has 0 aromatic heterocycles. The molecule has 0 saturated carbocycles. The fourth-order valence-electron chi connectivity index (χ4n) is 3.37. The van der Waals surface area contributed by atoms with Crippen molar-refractivity contribution in [2.75, 3.05) is 6.61 Å². The number of unbranched alkanes of at least 4 members (excludes halogenated alkanes) is 2. The van der Waals surface area contributed by atoms with Crippen LogP contribution in [0, 0.1) is 0 Å². The first-order valence-electron chi connectivity index (χ1n) is 8.62. The van der Waals surface area contributed by atoms with Gasteiger partial charge in [-0.3, -0.25) is 0 Å². The molecule has 0 fully saturated rings. The van der Waals surface area contributed by atoms with Crippen molar-refractivity contribution in [3.05, 3.63) is 66.2 Å². The molecule has 1 atom stereocenters. The van der Waals surface area contributed by atoms with Gasteiger partial charge < -0.3 is 4.74 Å². The third-order valence-electron chi connectivity index (χ3n) is 4.63. The summed E-state index contributed by atoms with van der Waals surface area (Å²) in [6, 6.07) is 19.6. The summed E-state index contributed by atoms with van der Waals surface area (Å²) in [5.41, 5.74) is 2.72. The van der Waals surface area contributed by atoms with E-state index >= 15 is 0 Å². The van der Waals surface area contributed by atoms with E-state index < -0.39 is 0 Å². The quantitative estimate of drug-likeness (QED) is 0.403. The predicted molar refractivity (Wildman–Crippen MR) is 98.7 cm³/mol. The summed E-state index contributed by atoms with van der Waals surface area (Å²) >= 11 is 0. The van der Waals surface area contributed by atoms with Crippen LogP contribution in [0.3, 0.4) is 0 Å². The number of benzene rings is 3. The Morgan fingerprint density at radius 3 is 2.17 bits per heavy atom. The van der Waals surface area contributed by atoms with Gasteiger partial charge in [0.1, 0.15) is 6.10 Å². The van der Waals surface area contributed by atoms with Crippen molar-refractivity contribution in [2.24, 2.45) is 0 Å². The first-order valence-corrected chi connectivity index (χ1v) is 8.62. The van der Waals surface area contributed by atoms with Crippen molar-refractivity contribution < 1.29 is 4.74 Å². The first-order chi connectivity index (χ1) is 11.4. The molecule has 0 aliphatic heterocycles. The SMILES string of the molecule is CCCCCOC1C=C1c1c2ccccc2cc2ccccc12. The van der Waals surface area contributed by atoms with Crippen molar-refractivity contribution in [1.82, 2.24) is 0 Å². The van der Waals surface area contributed by atoms with Gasteiger partial charge in [0, 0.05) is 6.61 Å². The molecule has 0 saturated heterocycles. The van der Waals surface area contributed by atoms with Crippen LogP contribution in [0.1, 0.15) is 31.7 Å². The number of hydrogen-bond acceptors (Lipinski definition) is 1. The molecule has 0 radical (unpaired) electrons. The molecular weight excluding hydrogens is 280 g/mol. The van der Waals surface area contributed by atoms with Gasteiger partial charge in [0.25, 0.3) is 0 Å². The van der Waals surface area contributed by atoms with E-state index in [2.05, 4.69) is 67.6 Å². The van der Waals surface area contributed by atoms with Gasteiger partial charge >= 0.3 is 0 Å². The summed E-state index contributed by atoms with van der Waals surface area (Å²) in [6.45, 7) is 3.09. The van der Waals surface area contributed by atoms with E-state index in [1.807, 2.05) is 0 Å². The number of ether oxygens (including phenoxy) is 1. The summed E-state index contributed by atoms with van der Waals surface area (Å²) in [5, 5.41) is 5.27. The second-order valence-electron chi connectivity index (χ2n) is 6.31. The van der Waals surface area contributed by atoms with E-state index in [1.165, 1.54) is 45.5 Å². The van der Waals surface area contributed by atoms with E-state index in [0.717, 1.165) is 13.0 Å². The fraction of sp³-hybridized carbons (Fsp3) is 0.273. The standard InChI is InChI=1S/C22H22O/c1-2-3-8-13-23-21-15-20(21)22-18-11-6-4-9-16(18)14-17-10-5-7-12-19(17)22/h4-7,9-12,14-15,21H,2-3,8,13H2,1H3. The Labute approximate surface area is 137 Å². The number of hydrogen-bond donors (Lipinski definition) is 0. The van der Waals surface area contributed by atoms with E-state index in [1.54, 1.807) is 0 Å². The zero-order valence-electron chi connectivity index (χ0n) is 13.6. The van der Waals surface area contributed by atoms with Crippen molar-refractivity contribution in [1.29, 1.82) is 0 Å². The molecule has 0 heterocycles. The Kier molecular flexibility index (Phi) is 3.88. The van der Waals surface area contributed by atoms with E-state index in [-0.39, 0.29) is 6.10 Å². The minimum Gasteiger partial charge on any atom is -0.369 e. The van der Waals surface area contributed by atoms with Gasteiger partial charge in [-0.25, -0.2) is 0 Å². The maximum absolute atomic E-state index is 6.03. The Morgan fingerprint density at radius 2 is 1.52 bits per heavy atom. The highest BCUT2D eigenvalue weighted by molar-refractivity contribution is 6.12. The van der Waals surface area contributed by atoms with Crippen molar-refractivity contribution >= 4 is 27.1 Å². The zero-order chi connectivity index (χ0) is 15.6. The molecule has 1 unspecified atom stereocenters. The summed E-state index contributed by atoms with van der Waals surface area (Å²) in [7, 11) is 0. The highest BCUT2D eigenvalue weighted by Crippen LogP contribution is 2.42. The van der Waals surface area contributed by atoms with Crippen LogP contribution >= 0.6 is 0 Å². The molecule has 0 amide bonds. The third kappa shape index (κ3) is 2.77. The summed E-state index contributed by atoms with van der Waals surface area (Å²) in [5.74, 6) is 0. The van der Waals surface area contributed by atoms with Gasteiger partial charge in [0.2, 0.25) is 0 Å². The van der Waals surface area contributed by atoms with Gasteiger partial charge in [-0.2, -0.15) is 0 Å². The molecule has 3 aromatic carbocycles. The predicted octanol–water partition coefficient (Wildman–Crippen LogP) is 5.97. The monoisotopic (exact) mass is 302 g/mol. The van der Waals surface area contributed by atoms with E-state index in [0.29, 0.717) is 0 Å². The highest BCUT2D eigenvalue weighted by Gasteiger charge is 2.29. The van der Waals surface area contributed by atoms with Crippen molar-refractivity contribution in [3.63, 3.8) is 0 Å². The minimum atomic E-state index is 0.209. The molecule has 1 heteroatoms. The van der Waals surface area contributed by atoms with Crippen LogP contribution in [0.25, 0.3) is 27.1 Å². The molecule has 0 spiro atoms. The molecule has 23 heavy (non-hydrogen) atoms. The van der Waals surface area contributed by atoms with E-state index in [4.69, 9.17) is 4.74 Å². The van der Waals surface area contributed by atoms with Gasteiger partial charge in [-0.15, -0.1) is 0 Å². The smallest absolute Gasteiger partial charge is 0.102 e. The summed E-state index contributed by atoms with van der Waals surface area (Å²) in [4.78, 5) is 0. The third-order valence-corrected chi connectivity index (χ3v) is 4.63. The van der Waals surface area contributed by atoms with Crippen LogP contribution in [0.5, 0.6) is 0 Å². The maximum atomic E-state index is 6.03. The molecule has 1 aliphatic rings. The first kappa shape index (κ1) is 14.5. The topological polar surface area (TPSA) is 9.23 Å². The van der Waals surface area contributed by atoms with Crippen LogP contribution in [0.15, 0.2) is 60.7 Å². The Balaban J connectivity index is 1.69. The lowest BCUT2D eigenvalue weighted by molar-refractivity contribution is 0.134. The fourth-order valence-corrected chi connectivity index (χ4v) is 3.37. The van der Waals surface area contributed by atoms with E-state index in [9.17, 15) is 0 Å². The molecule has 0 N–H and O–H groups in total. The van der Waals surface area contributed by atoms with Crippen LogP contribution < -0.4 is 0 Å². The molecule has 1 aliphatic carbocycles. The van der Waals surface area contributed by atoms with Gasteiger partial charge in [0.05, 0.1) is 0 Å². The molecule has 4 rings (SSSR count). The Hall–Kier alpha value is -2.12. The molecule has 1 nitrogen and oxygen atoms in total. The van der Waals surface area contributed by atoms with Crippen molar-refractivity contribution in [3.8, 4) is 0 Å². The minimum absolute atomic E-state index is 0.209. The van der Waals surface area contributed by atoms with Gasteiger partial charge in [-0.05, 0) is 51.2 Å². The summed E-state index contributed by atoms with van der Waals surface area (Å²) in [6.07, 6.45) is 6.12. The maximum Gasteiger partial charge on any atom is 0.102 e. The molecule has 116 valence electrons. The zero-order valence-corrected chi connectivity index (χ0v) is 13.6. The lowest BCUT2D eigenvalue weighted by atomic mass is 9.95. The average Bonchev–Trinajstić information content (AvgIpc) is 3.35. The highest BCUT2D eigenvalue weighted by atomic mass is 16.5. The lowest BCUT2D eigenvalue weighted by Gasteiger charge is -2.11. The second-order valence-corrected chi connectivity index (χ2v) is 6.31. The largest absolute Gasteiger partial charge is 0.369 e. The number of rotatable bonds is 6. The van der Waals surface area contributed by atoms with Gasteiger partial charge in [-0.1, -0.05) is 68.3 Å². The normalized spacial score (nSPS) is 16.7. The number of fused-ring (bicyclic) bond motifs is 2. The lowest BCUT2D eigenvalue weighted by Crippen LogP contribution is -2.00. The molecular formula is C22H22O. The van der Waals surface area contributed by atoms with Gasteiger partial charge in [0.15, 0.2) is 0 Å².